The number of rotatable bonds is 6. The van der Waals surface area contributed by atoms with Gasteiger partial charge in [-0.2, -0.15) is 15.3 Å². The third-order valence-corrected chi connectivity index (χ3v) is 5.66. The Morgan fingerprint density at radius 3 is 2.69 bits per heavy atom. The molecule has 3 heterocycles. The monoisotopic (exact) mass is 391 g/mol. The third kappa shape index (κ3) is 4.34. The highest BCUT2D eigenvalue weighted by Gasteiger charge is 2.28. The highest BCUT2D eigenvalue weighted by molar-refractivity contribution is 5.97. The number of nitrogens with zero attached hydrogens (tertiary/aromatic N) is 5. The van der Waals surface area contributed by atoms with E-state index in [0.717, 1.165) is 29.3 Å². The molecular weight excluding hydrogens is 366 g/mol. The number of piperidine rings is 1. The zero-order chi connectivity index (χ0) is 20.2. The summed E-state index contributed by atoms with van der Waals surface area (Å²) >= 11 is 0. The normalized spacial score (nSPS) is 15.0. The Kier molecular flexibility index (Phi) is 5.64. The molecule has 1 aliphatic rings. The number of benzene rings is 1. The van der Waals surface area contributed by atoms with Crippen molar-refractivity contribution in [2.45, 2.75) is 32.1 Å². The summed E-state index contributed by atoms with van der Waals surface area (Å²) < 4.78 is 1.65. The smallest absolute Gasteiger partial charge is 0.222 e. The van der Waals surface area contributed by atoms with Gasteiger partial charge in [0.1, 0.15) is 0 Å². The van der Waals surface area contributed by atoms with Gasteiger partial charge >= 0.3 is 0 Å². The Bertz CT molecular complexity index is 1020. The molecule has 7 nitrogen and oxygen atoms in total. The molecule has 29 heavy (non-hydrogen) atoms. The van der Waals surface area contributed by atoms with Crippen LogP contribution in [0.15, 0.2) is 42.9 Å². The molecule has 0 spiro atoms. The molecule has 1 saturated heterocycles. The lowest BCUT2D eigenvalue weighted by Crippen LogP contribution is -2.40. The molecule has 1 aliphatic heterocycles. The lowest BCUT2D eigenvalue weighted by molar-refractivity contribution is -0.132. The number of aryl methyl sites for hydroxylation is 2. The number of hydrogen-bond acceptors (Lipinski definition) is 5. The fourth-order valence-electron chi connectivity index (χ4n) is 4.01. The molecule has 7 heteroatoms. The molecule has 1 aromatic carbocycles. The fourth-order valence-corrected chi connectivity index (χ4v) is 4.01. The van der Waals surface area contributed by atoms with E-state index in [9.17, 15) is 9.59 Å². The maximum atomic E-state index is 12.6. The molecule has 0 N–H and O–H groups in total. The molecule has 0 atom stereocenters. The minimum absolute atomic E-state index is 0.0193. The van der Waals surface area contributed by atoms with Gasteiger partial charge in [-0.3, -0.25) is 14.3 Å². The molecule has 150 valence electrons. The van der Waals surface area contributed by atoms with Crippen LogP contribution in [-0.2, 0) is 18.3 Å². The van der Waals surface area contributed by atoms with E-state index in [0.29, 0.717) is 37.9 Å². The maximum absolute atomic E-state index is 12.6. The highest BCUT2D eigenvalue weighted by atomic mass is 16.2. The Morgan fingerprint density at radius 1 is 1.14 bits per heavy atom. The molecule has 1 fully saturated rings. The molecule has 0 bridgehead atoms. The van der Waals surface area contributed by atoms with Gasteiger partial charge in [0.25, 0.3) is 0 Å². The molecule has 0 saturated carbocycles. The van der Waals surface area contributed by atoms with Crippen LogP contribution in [0.3, 0.4) is 0 Å². The van der Waals surface area contributed by atoms with Crippen molar-refractivity contribution in [2.75, 3.05) is 13.1 Å². The summed E-state index contributed by atoms with van der Waals surface area (Å²) in [5, 5.41) is 14.6. The number of aromatic nitrogens is 4. The number of Topliss-reactive ketones (excluding diaryl/α,β-unsaturated/α-hetero) is 1. The van der Waals surface area contributed by atoms with E-state index in [-0.39, 0.29) is 17.6 Å². The van der Waals surface area contributed by atoms with Crippen LogP contribution in [0, 0.1) is 5.92 Å². The number of likely N-dealkylation sites (tertiary alicyclic amines) is 1. The number of carbonyl (C=O) groups is 2. The summed E-state index contributed by atoms with van der Waals surface area (Å²) in [6.07, 6.45) is 8.55. The van der Waals surface area contributed by atoms with Crippen molar-refractivity contribution < 1.29 is 9.59 Å². The lowest BCUT2D eigenvalue weighted by Gasteiger charge is -2.31. The first kappa shape index (κ1) is 19.2. The third-order valence-electron chi connectivity index (χ3n) is 5.66. The number of fused-ring (bicyclic) bond motifs is 1. The summed E-state index contributed by atoms with van der Waals surface area (Å²) in [5.74, 6) is 0.277. The Labute approximate surface area is 169 Å². The van der Waals surface area contributed by atoms with Crippen molar-refractivity contribution in [3.8, 4) is 0 Å². The first-order chi connectivity index (χ1) is 14.1. The van der Waals surface area contributed by atoms with Crippen LogP contribution in [0.5, 0.6) is 0 Å². The molecule has 3 aromatic rings. The second-order valence-corrected chi connectivity index (χ2v) is 7.65. The number of ketones is 1. The zero-order valence-electron chi connectivity index (χ0n) is 16.6. The summed E-state index contributed by atoms with van der Waals surface area (Å²) in [6.45, 7) is 1.28. The maximum Gasteiger partial charge on any atom is 0.222 e. The Hall–Kier alpha value is -3.09. The van der Waals surface area contributed by atoms with Crippen LogP contribution < -0.4 is 0 Å². The van der Waals surface area contributed by atoms with Crippen molar-refractivity contribution in [2.24, 2.45) is 13.0 Å². The van der Waals surface area contributed by atoms with Gasteiger partial charge in [0.2, 0.25) is 5.91 Å². The number of amides is 1. The Morgan fingerprint density at radius 2 is 1.93 bits per heavy atom. The van der Waals surface area contributed by atoms with E-state index in [1.165, 1.54) is 0 Å². The predicted octanol–water partition coefficient (Wildman–Crippen LogP) is 2.81. The topological polar surface area (TPSA) is 81.0 Å². The summed E-state index contributed by atoms with van der Waals surface area (Å²) in [5.41, 5.74) is 1.60. The van der Waals surface area contributed by atoms with Gasteiger partial charge in [-0.05, 0) is 25.7 Å². The predicted molar refractivity (Wildman–Crippen MR) is 109 cm³/mol. The average molecular weight is 391 g/mol. The van der Waals surface area contributed by atoms with Gasteiger partial charge in [0, 0.05) is 49.4 Å². The van der Waals surface area contributed by atoms with Gasteiger partial charge < -0.3 is 4.90 Å². The van der Waals surface area contributed by atoms with Crippen LogP contribution in [0.1, 0.15) is 41.7 Å². The van der Waals surface area contributed by atoms with Crippen molar-refractivity contribution in [1.29, 1.82) is 0 Å². The molecule has 0 radical (unpaired) electrons. The number of carbonyl (C=O) groups excluding carboxylic acids is 2. The largest absolute Gasteiger partial charge is 0.343 e. The second-order valence-electron chi connectivity index (χ2n) is 7.65. The summed E-state index contributed by atoms with van der Waals surface area (Å²) in [4.78, 5) is 27.0. The van der Waals surface area contributed by atoms with Crippen LogP contribution in [0.4, 0.5) is 0 Å². The van der Waals surface area contributed by atoms with E-state index in [4.69, 9.17) is 0 Å². The summed E-state index contributed by atoms with van der Waals surface area (Å²) in [6, 6.07) is 8.05. The van der Waals surface area contributed by atoms with Gasteiger partial charge in [-0.15, -0.1) is 0 Å². The van der Waals surface area contributed by atoms with Gasteiger partial charge in [-0.1, -0.05) is 24.3 Å². The van der Waals surface area contributed by atoms with E-state index < -0.39 is 0 Å². The van der Waals surface area contributed by atoms with Crippen molar-refractivity contribution in [1.82, 2.24) is 24.9 Å². The van der Waals surface area contributed by atoms with Crippen LogP contribution in [0.2, 0.25) is 0 Å². The lowest BCUT2D eigenvalue weighted by atomic mass is 9.90. The van der Waals surface area contributed by atoms with Crippen molar-refractivity contribution in [3.63, 3.8) is 0 Å². The van der Waals surface area contributed by atoms with E-state index in [2.05, 4.69) is 15.3 Å². The van der Waals surface area contributed by atoms with E-state index in [1.807, 2.05) is 36.2 Å². The van der Waals surface area contributed by atoms with Crippen molar-refractivity contribution in [3.05, 3.63) is 54.1 Å². The zero-order valence-corrected chi connectivity index (χ0v) is 16.6. The molecular formula is C22H25N5O2. The van der Waals surface area contributed by atoms with Crippen LogP contribution >= 0.6 is 0 Å². The summed E-state index contributed by atoms with van der Waals surface area (Å²) in [7, 11) is 1.81. The SMILES string of the molecule is Cn1cc(C(=O)C2CCN(C(=O)CCCc3nncc4ccccc34)CC2)cn1. The minimum atomic E-state index is -0.0193. The van der Waals surface area contributed by atoms with E-state index in [1.54, 1.807) is 23.3 Å². The number of hydrogen-bond donors (Lipinski definition) is 0. The first-order valence-electron chi connectivity index (χ1n) is 10.1. The average Bonchev–Trinajstić information content (AvgIpc) is 3.19. The fraction of sp³-hybridized carbons (Fsp3) is 0.409. The van der Waals surface area contributed by atoms with Crippen LogP contribution in [0.25, 0.3) is 10.8 Å². The standard InChI is InChI=1S/C22H25N5O2/c1-26-15-18(14-24-26)22(29)16-9-11-27(12-10-16)21(28)8-4-7-20-19-6-3-2-5-17(19)13-23-25-20/h2-3,5-6,13-16H,4,7-12H2,1H3. The van der Waals surface area contributed by atoms with Gasteiger partial charge in [0.15, 0.2) is 5.78 Å². The molecule has 4 rings (SSSR count). The van der Waals surface area contributed by atoms with E-state index >= 15 is 0 Å². The highest BCUT2D eigenvalue weighted by Crippen LogP contribution is 2.23. The molecule has 0 aliphatic carbocycles. The molecule has 2 aromatic heterocycles. The van der Waals surface area contributed by atoms with Gasteiger partial charge in [-0.25, -0.2) is 0 Å². The minimum Gasteiger partial charge on any atom is -0.343 e. The molecule has 1 amide bonds. The van der Waals surface area contributed by atoms with Crippen LogP contribution in [-0.4, -0.2) is 49.7 Å². The van der Waals surface area contributed by atoms with Crippen molar-refractivity contribution >= 4 is 22.5 Å². The Balaban J connectivity index is 1.26. The quantitative estimate of drug-likeness (QED) is 0.604. The molecule has 0 unspecified atom stereocenters. The second kappa shape index (κ2) is 8.51. The first-order valence-corrected chi connectivity index (χ1v) is 10.1. The van der Waals surface area contributed by atoms with Gasteiger partial charge in [0.05, 0.1) is 23.7 Å².